The van der Waals surface area contributed by atoms with Gasteiger partial charge >= 0.3 is 24.3 Å². The summed E-state index contributed by atoms with van der Waals surface area (Å²) < 4.78 is 63.5. The number of nitrogens with zero attached hydrogens (tertiary/aromatic N) is 1. The van der Waals surface area contributed by atoms with E-state index >= 15 is 0 Å². The van der Waals surface area contributed by atoms with Gasteiger partial charge in [0, 0.05) is 27.0 Å². The van der Waals surface area contributed by atoms with E-state index in [-0.39, 0.29) is 11.1 Å². The van der Waals surface area contributed by atoms with Crippen molar-refractivity contribution in [1.82, 2.24) is 4.57 Å². The molecule has 1 aromatic carbocycles. The Bertz CT molecular complexity index is 1220. The summed E-state index contributed by atoms with van der Waals surface area (Å²) in [5.74, 6) is -3.27. The zero-order valence-corrected chi connectivity index (χ0v) is 19.7. The van der Waals surface area contributed by atoms with Crippen molar-refractivity contribution in [3.8, 4) is 22.6 Å². The molecule has 1 aliphatic heterocycles. The fraction of sp³-hybridized carbons (Fsp3) is 0.391. The Morgan fingerprint density at radius 2 is 1.57 bits per heavy atom. The third kappa shape index (κ3) is 6.78. The third-order valence-electron chi connectivity index (χ3n) is 5.09. The summed E-state index contributed by atoms with van der Waals surface area (Å²) in [6, 6.07) is 5.29. The Hall–Kier alpha value is -4.07. The van der Waals surface area contributed by atoms with Crippen LogP contribution in [0.1, 0.15) is 27.0 Å². The Morgan fingerprint density at radius 3 is 2.11 bits per heavy atom. The highest BCUT2D eigenvalue weighted by Crippen LogP contribution is 2.35. The summed E-state index contributed by atoms with van der Waals surface area (Å²) in [5.41, 5.74) is -1.14. The second-order valence-corrected chi connectivity index (χ2v) is 7.88. The fourth-order valence-corrected chi connectivity index (χ4v) is 3.75. The SMILES string of the molecule is CC(=O)OC[C@H]1O[C@@H](n2ccc(O)c(-c3ccc(OC(F)(F)F)cc3)c2=O)[C@H](OC(C)=O)[C@@H]1OC(C)=O. The summed E-state index contributed by atoms with van der Waals surface area (Å²) >= 11 is 0. The van der Waals surface area contributed by atoms with Gasteiger partial charge in [-0.15, -0.1) is 13.2 Å². The lowest BCUT2D eigenvalue weighted by atomic mass is 10.1. The summed E-state index contributed by atoms with van der Waals surface area (Å²) in [4.78, 5) is 48.2. The van der Waals surface area contributed by atoms with E-state index in [2.05, 4.69) is 4.74 Å². The van der Waals surface area contributed by atoms with Gasteiger partial charge in [0.1, 0.15) is 24.2 Å². The van der Waals surface area contributed by atoms with E-state index in [1.54, 1.807) is 0 Å². The van der Waals surface area contributed by atoms with Gasteiger partial charge in [-0.25, -0.2) is 0 Å². The predicted octanol–water partition coefficient (Wildman–Crippen LogP) is 2.44. The minimum Gasteiger partial charge on any atom is -0.507 e. The van der Waals surface area contributed by atoms with Crippen molar-refractivity contribution >= 4 is 17.9 Å². The molecule has 2 aromatic rings. The number of alkyl halides is 3. The van der Waals surface area contributed by atoms with Crippen LogP contribution in [0.2, 0.25) is 0 Å². The van der Waals surface area contributed by atoms with Crippen molar-refractivity contribution < 1.29 is 56.3 Å². The molecule has 37 heavy (non-hydrogen) atoms. The van der Waals surface area contributed by atoms with Crippen molar-refractivity contribution in [2.45, 2.75) is 51.7 Å². The van der Waals surface area contributed by atoms with Crippen LogP contribution in [-0.4, -0.2) is 58.9 Å². The minimum atomic E-state index is -4.92. The van der Waals surface area contributed by atoms with Crippen molar-refractivity contribution in [1.29, 1.82) is 0 Å². The summed E-state index contributed by atoms with van der Waals surface area (Å²) in [7, 11) is 0. The molecule has 200 valence electrons. The minimum absolute atomic E-state index is 0.0430. The van der Waals surface area contributed by atoms with Crippen LogP contribution in [0.15, 0.2) is 41.3 Å². The molecule has 1 fully saturated rings. The van der Waals surface area contributed by atoms with Crippen molar-refractivity contribution in [2.75, 3.05) is 6.61 Å². The van der Waals surface area contributed by atoms with E-state index < -0.39 is 72.5 Å². The molecular weight excluding hydrogens is 507 g/mol. The molecule has 2 heterocycles. The Balaban J connectivity index is 2.04. The monoisotopic (exact) mass is 529 g/mol. The van der Waals surface area contributed by atoms with Crippen LogP contribution in [0.4, 0.5) is 13.2 Å². The second kappa shape index (κ2) is 10.9. The topological polar surface area (TPSA) is 140 Å². The smallest absolute Gasteiger partial charge is 0.507 e. The van der Waals surface area contributed by atoms with Gasteiger partial charge in [0.25, 0.3) is 5.56 Å². The lowest BCUT2D eigenvalue weighted by Crippen LogP contribution is -2.41. The molecule has 14 heteroatoms. The molecular formula is C23H22F3NO10. The van der Waals surface area contributed by atoms with Gasteiger partial charge in [-0.1, -0.05) is 12.1 Å². The Morgan fingerprint density at radius 1 is 0.973 bits per heavy atom. The van der Waals surface area contributed by atoms with E-state index in [0.717, 1.165) is 61.9 Å². The Labute approximate surface area is 207 Å². The number of hydrogen-bond donors (Lipinski definition) is 1. The molecule has 4 atom stereocenters. The highest BCUT2D eigenvalue weighted by atomic mass is 19.4. The number of rotatable bonds is 7. The quantitative estimate of drug-likeness (QED) is 0.420. The van der Waals surface area contributed by atoms with Crippen LogP contribution >= 0.6 is 0 Å². The van der Waals surface area contributed by atoms with Gasteiger partial charge in [0.05, 0.1) is 5.56 Å². The van der Waals surface area contributed by atoms with Gasteiger partial charge in [-0.3, -0.25) is 23.7 Å². The fourth-order valence-electron chi connectivity index (χ4n) is 3.75. The van der Waals surface area contributed by atoms with Gasteiger partial charge in [-0.2, -0.15) is 0 Å². The number of carbonyl (C=O) groups excluding carboxylic acids is 3. The first-order chi connectivity index (χ1) is 17.3. The van der Waals surface area contributed by atoms with Gasteiger partial charge in [0.15, 0.2) is 18.4 Å². The Kier molecular flexibility index (Phi) is 8.11. The molecule has 11 nitrogen and oxygen atoms in total. The van der Waals surface area contributed by atoms with Crippen LogP contribution in [0, 0.1) is 0 Å². The summed E-state index contributed by atoms with van der Waals surface area (Å²) in [6.45, 7) is 2.91. The first-order valence-corrected chi connectivity index (χ1v) is 10.7. The van der Waals surface area contributed by atoms with Gasteiger partial charge < -0.3 is 28.8 Å². The second-order valence-electron chi connectivity index (χ2n) is 7.88. The van der Waals surface area contributed by atoms with Gasteiger partial charge in [0.2, 0.25) is 0 Å². The number of carbonyl (C=O) groups is 3. The third-order valence-corrected chi connectivity index (χ3v) is 5.09. The predicted molar refractivity (Wildman–Crippen MR) is 116 cm³/mol. The zero-order valence-electron chi connectivity index (χ0n) is 19.7. The molecule has 1 saturated heterocycles. The summed E-state index contributed by atoms with van der Waals surface area (Å²) in [5, 5.41) is 10.4. The molecule has 1 aliphatic rings. The highest BCUT2D eigenvalue weighted by molar-refractivity contribution is 5.70. The maximum Gasteiger partial charge on any atom is 0.573 e. The number of hydrogen-bond acceptors (Lipinski definition) is 10. The number of ether oxygens (including phenoxy) is 5. The largest absolute Gasteiger partial charge is 0.573 e. The first kappa shape index (κ1) is 27.5. The van der Waals surface area contributed by atoms with Crippen molar-refractivity contribution in [3.05, 3.63) is 46.9 Å². The zero-order chi connectivity index (χ0) is 27.5. The number of halogens is 3. The lowest BCUT2D eigenvalue weighted by Gasteiger charge is -2.24. The molecule has 3 rings (SSSR count). The van der Waals surface area contributed by atoms with Crippen LogP contribution in [0.5, 0.6) is 11.5 Å². The van der Waals surface area contributed by atoms with E-state index in [1.807, 2.05) is 0 Å². The number of esters is 3. The lowest BCUT2D eigenvalue weighted by molar-refractivity contribution is -0.274. The first-order valence-electron chi connectivity index (χ1n) is 10.7. The van der Waals surface area contributed by atoms with Crippen LogP contribution in [0.3, 0.4) is 0 Å². The molecule has 0 radical (unpaired) electrons. The molecule has 0 bridgehead atoms. The average molecular weight is 529 g/mol. The maximum atomic E-state index is 13.4. The standard InChI is InChI=1S/C23H22F3NO10/c1-11(28)33-10-17-19(34-12(2)29)20(35-13(3)30)22(36-17)27-9-8-16(31)18(21(27)32)14-4-6-15(7-5-14)37-23(24,25)26/h4-9,17,19-20,22,31H,10H2,1-3H3/t17-,19-,20-,22-/m1/s1. The summed E-state index contributed by atoms with van der Waals surface area (Å²) in [6.07, 6.45) is -8.95. The van der Waals surface area contributed by atoms with E-state index in [4.69, 9.17) is 18.9 Å². The maximum absolute atomic E-state index is 13.4. The molecule has 0 unspecified atom stereocenters. The van der Waals surface area contributed by atoms with E-state index in [9.17, 15) is 37.5 Å². The molecule has 0 aliphatic carbocycles. The number of benzene rings is 1. The van der Waals surface area contributed by atoms with Crippen molar-refractivity contribution in [2.24, 2.45) is 0 Å². The molecule has 1 aromatic heterocycles. The number of aromatic hydroxyl groups is 1. The molecule has 1 N–H and O–H groups in total. The van der Waals surface area contributed by atoms with Gasteiger partial charge in [-0.05, 0) is 23.8 Å². The van der Waals surface area contributed by atoms with Crippen LogP contribution in [0.25, 0.3) is 11.1 Å². The number of aromatic nitrogens is 1. The van der Waals surface area contributed by atoms with Crippen LogP contribution < -0.4 is 10.3 Å². The van der Waals surface area contributed by atoms with E-state index in [0.29, 0.717) is 0 Å². The van der Waals surface area contributed by atoms with E-state index in [1.165, 1.54) is 0 Å². The van der Waals surface area contributed by atoms with Crippen LogP contribution in [-0.2, 0) is 33.3 Å². The van der Waals surface area contributed by atoms with Crippen molar-refractivity contribution in [3.63, 3.8) is 0 Å². The molecule has 0 saturated carbocycles. The highest BCUT2D eigenvalue weighted by Gasteiger charge is 2.51. The molecule has 0 amide bonds. The normalized spacial score (nSPS) is 21.2. The number of pyridine rings is 1. The molecule has 0 spiro atoms. The average Bonchev–Trinajstić information content (AvgIpc) is 3.08.